The molecular weight excluding hydrogens is 173 g/mol. The Kier molecular flexibility index (Phi) is 1.76. The molecule has 68 valence electrons. The van der Waals surface area contributed by atoms with E-state index in [2.05, 4.69) is 4.98 Å². The van der Waals surface area contributed by atoms with Crippen molar-refractivity contribution >= 4 is 5.97 Å². The van der Waals surface area contributed by atoms with E-state index >= 15 is 0 Å². The standard InChI is InChI=1S/C9H8FNO2/c10-7-3-6(9(12)13)4-11-8(7)5-1-2-5/h3-5H,1-2H2,(H,12,13). The third kappa shape index (κ3) is 1.52. The third-order valence-corrected chi connectivity index (χ3v) is 2.08. The van der Waals surface area contributed by atoms with Gasteiger partial charge in [-0.05, 0) is 18.9 Å². The molecule has 1 heterocycles. The molecule has 1 aliphatic carbocycles. The van der Waals surface area contributed by atoms with Crippen LogP contribution in [0.2, 0.25) is 0 Å². The lowest BCUT2D eigenvalue weighted by Gasteiger charge is -2.00. The van der Waals surface area contributed by atoms with Crippen molar-refractivity contribution < 1.29 is 14.3 Å². The van der Waals surface area contributed by atoms with E-state index in [9.17, 15) is 9.18 Å². The molecule has 0 saturated heterocycles. The van der Waals surface area contributed by atoms with Crippen LogP contribution in [0.25, 0.3) is 0 Å². The van der Waals surface area contributed by atoms with Gasteiger partial charge in [-0.3, -0.25) is 4.98 Å². The fourth-order valence-corrected chi connectivity index (χ4v) is 1.22. The maximum Gasteiger partial charge on any atom is 0.337 e. The van der Waals surface area contributed by atoms with Crippen LogP contribution in [0.1, 0.15) is 34.8 Å². The quantitative estimate of drug-likeness (QED) is 0.756. The van der Waals surface area contributed by atoms with E-state index < -0.39 is 11.8 Å². The van der Waals surface area contributed by atoms with Crippen LogP contribution in [0.15, 0.2) is 12.3 Å². The molecule has 0 aliphatic heterocycles. The molecule has 0 spiro atoms. The predicted octanol–water partition coefficient (Wildman–Crippen LogP) is 1.80. The Bertz CT molecular complexity index is 361. The highest BCUT2D eigenvalue weighted by Crippen LogP contribution is 2.39. The summed E-state index contributed by atoms with van der Waals surface area (Å²) in [6.07, 6.45) is 3.12. The van der Waals surface area contributed by atoms with Crippen molar-refractivity contribution in [2.45, 2.75) is 18.8 Å². The zero-order valence-electron chi connectivity index (χ0n) is 6.83. The number of halogens is 1. The average Bonchev–Trinajstić information content (AvgIpc) is 2.87. The minimum Gasteiger partial charge on any atom is -0.478 e. The number of hydrogen-bond donors (Lipinski definition) is 1. The van der Waals surface area contributed by atoms with Crippen LogP contribution in [0.4, 0.5) is 4.39 Å². The summed E-state index contributed by atoms with van der Waals surface area (Å²) in [5, 5.41) is 8.55. The summed E-state index contributed by atoms with van der Waals surface area (Å²) in [4.78, 5) is 14.2. The number of carboxylic acid groups (broad SMARTS) is 1. The van der Waals surface area contributed by atoms with Crippen molar-refractivity contribution in [3.05, 3.63) is 29.3 Å². The molecule has 3 nitrogen and oxygen atoms in total. The normalized spacial score (nSPS) is 15.8. The number of nitrogens with zero attached hydrogens (tertiary/aromatic N) is 1. The second-order valence-corrected chi connectivity index (χ2v) is 3.17. The molecule has 13 heavy (non-hydrogen) atoms. The molecule has 1 fully saturated rings. The maximum absolute atomic E-state index is 13.2. The van der Waals surface area contributed by atoms with E-state index in [0.29, 0.717) is 5.69 Å². The van der Waals surface area contributed by atoms with Gasteiger partial charge in [0.15, 0.2) is 0 Å². The molecule has 0 amide bonds. The second-order valence-electron chi connectivity index (χ2n) is 3.17. The van der Waals surface area contributed by atoms with E-state index in [1.165, 1.54) is 6.20 Å². The number of aromatic carboxylic acids is 1. The van der Waals surface area contributed by atoms with Gasteiger partial charge in [0.05, 0.1) is 11.3 Å². The van der Waals surface area contributed by atoms with Gasteiger partial charge in [-0.2, -0.15) is 0 Å². The van der Waals surface area contributed by atoms with Crippen LogP contribution in [-0.2, 0) is 0 Å². The largest absolute Gasteiger partial charge is 0.478 e. The van der Waals surface area contributed by atoms with E-state index in [1.807, 2.05) is 0 Å². The van der Waals surface area contributed by atoms with Crippen molar-refractivity contribution in [2.75, 3.05) is 0 Å². The summed E-state index contributed by atoms with van der Waals surface area (Å²) in [5.74, 6) is -1.43. The lowest BCUT2D eigenvalue weighted by atomic mass is 10.2. The Hall–Kier alpha value is -1.45. The zero-order valence-corrected chi connectivity index (χ0v) is 6.83. The Morgan fingerprint density at radius 2 is 2.31 bits per heavy atom. The number of aromatic nitrogens is 1. The predicted molar refractivity (Wildman–Crippen MR) is 43.1 cm³/mol. The van der Waals surface area contributed by atoms with E-state index in [0.717, 1.165) is 18.9 Å². The molecule has 0 unspecified atom stereocenters. The smallest absolute Gasteiger partial charge is 0.337 e. The molecule has 4 heteroatoms. The van der Waals surface area contributed by atoms with Crippen LogP contribution >= 0.6 is 0 Å². The summed E-state index contributed by atoms with van der Waals surface area (Å²) < 4.78 is 13.2. The highest BCUT2D eigenvalue weighted by molar-refractivity contribution is 5.87. The Morgan fingerprint density at radius 3 is 2.77 bits per heavy atom. The van der Waals surface area contributed by atoms with E-state index in [-0.39, 0.29) is 11.5 Å². The molecule has 1 aliphatic rings. The Labute approximate surface area is 74.2 Å². The third-order valence-electron chi connectivity index (χ3n) is 2.08. The van der Waals surface area contributed by atoms with Gasteiger partial charge in [-0.15, -0.1) is 0 Å². The summed E-state index contributed by atoms with van der Waals surface area (Å²) in [5.41, 5.74) is 0.312. The van der Waals surface area contributed by atoms with Crippen LogP contribution in [0.3, 0.4) is 0 Å². The first kappa shape index (κ1) is 8.16. The van der Waals surface area contributed by atoms with Gasteiger partial charge < -0.3 is 5.11 Å². The zero-order chi connectivity index (χ0) is 9.42. The van der Waals surface area contributed by atoms with Crippen molar-refractivity contribution in [3.63, 3.8) is 0 Å². The summed E-state index contributed by atoms with van der Waals surface area (Å²) in [6.45, 7) is 0. The van der Waals surface area contributed by atoms with Crippen molar-refractivity contribution in [1.29, 1.82) is 0 Å². The average molecular weight is 181 g/mol. The minimum absolute atomic E-state index is 0.0955. The number of pyridine rings is 1. The highest BCUT2D eigenvalue weighted by atomic mass is 19.1. The molecule has 0 aromatic carbocycles. The lowest BCUT2D eigenvalue weighted by Crippen LogP contribution is -2.01. The lowest BCUT2D eigenvalue weighted by molar-refractivity contribution is 0.0696. The Balaban J connectivity index is 2.36. The van der Waals surface area contributed by atoms with Crippen LogP contribution in [-0.4, -0.2) is 16.1 Å². The number of carboxylic acids is 1. The van der Waals surface area contributed by atoms with Gasteiger partial charge in [0.2, 0.25) is 0 Å². The minimum atomic E-state index is -1.14. The van der Waals surface area contributed by atoms with Gasteiger partial charge in [0, 0.05) is 12.1 Å². The first-order chi connectivity index (χ1) is 6.18. The van der Waals surface area contributed by atoms with Crippen molar-refractivity contribution in [3.8, 4) is 0 Å². The number of rotatable bonds is 2. The first-order valence-electron chi connectivity index (χ1n) is 4.07. The molecular formula is C9H8FNO2. The summed E-state index contributed by atoms with van der Waals surface area (Å²) >= 11 is 0. The monoisotopic (exact) mass is 181 g/mol. The topological polar surface area (TPSA) is 50.2 Å². The van der Waals surface area contributed by atoms with Crippen LogP contribution < -0.4 is 0 Å². The summed E-state index contributed by atoms with van der Waals surface area (Å²) in [7, 11) is 0. The second kappa shape index (κ2) is 2.80. The fourth-order valence-electron chi connectivity index (χ4n) is 1.22. The fraction of sp³-hybridized carbons (Fsp3) is 0.333. The maximum atomic E-state index is 13.2. The molecule has 1 aromatic rings. The molecule has 2 rings (SSSR count). The van der Waals surface area contributed by atoms with Gasteiger partial charge >= 0.3 is 5.97 Å². The van der Waals surface area contributed by atoms with E-state index in [1.54, 1.807) is 0 Å². The SMILES string of the molecule is O=C(O)c1cnc(C2CC2)c(F)c1. The van der Waals surface area contributed by atoms with Gasteiger partial charge in [-0.1, -0.05) is 0 Å². The van der Waals surface area contributed by atoms with Gasteiger partial charge in [0.1, 0.15) is 5.82 Å². The highest BCUT2D eigenvalue weighted by Gasteiger charge is 2.28. The van der Waals surface area contributed by atoms with Gasteiger partial charge in [-0.25, -0.2) is 9.18 Å². The van der Waals surface area contributed by atoms with Crippen LogP contribution in [0, 0.1) is 5.82 Å². The number of hydrogen-bond acceptors (Lipinski definition) is 2. The molecule has 1 aromatic heterocycles. The number of carbonyl (C=O) groups is 1. The van der Waals surface area contributed by atoms with E-state index in [4.69, 9.17) is 5.11 Å². The molecule has 0 atom stereocenters. The van der Waals surface area contributed by atoms with Crippen LogP contribution in [0.5, 0.6) is 0 Å². The van der Waals surface area contributed by atoms with Crippen molar-refractivity contribution in [2.24, 2.45) is 0 Å². The van der Waals surface area contributed by atoms with Crippen molar-refractivity contribution in [1.82, 2.24) is 4.98 Å². The first-order valence-corrected chi connectivity index (χ1v) is 4.07. The Morgan fingerprint density at radius 1 is 1.62 bits per heavy atom. The molecule has 1 N–H and O–H groups in total. The molecule has 0 bridgehead atoms. The van der Waals surface area contributed by atoms with Gasteiger partial charge in [0.25, 0.3) is 0 Å². The molecule has 1 saturated carbocycles. The summed E-state index contributed by atoms with van der Waals surface area (Å²) in [6, 6.07) is 1.03. The molecule has 0 radical (unpaired) electrons.